The molecule has 0 saturated carbocycles. The Balaban J connectivity index is 1.77. The third-order valence-electron chi connectivity index (χ3n) is 4.18. The molecule has 0 bridgehead atoms. The van der Waals surface area contributed by atoms with Crippen LogP contribution in [0.1, 0.15) is 5.56 Å². The number of nitrogens with one attached hydrogen (secondary N) is 1. The number of nitrogens with zero attached hydrogens (tertiary/aromatic N) is 5. The molecule has 3 heterocycles. The third-order valence-corrected chi connectivity index (χ3v) is 4.18. The topological polar surface area (TPSA) is 67.5 Å². The highest BCUT2D eigenvalue weighted by molar-refractivity contribution is 5.63. The fraction of sp³-hybridized carbons (Fsp3) is 0.312. The number of anilines is 1. The lowest BCUT2D eigenvalue weighted by molar-refractivity contribution is 0.577. The fourth-order valence-electron chi connectivity index (χ4n) is 2.93. The molecule has 7 nitrogen and oxygen atoms in total. The largest absolute Gasteiger partial charge is 0.351 e. The summed E-state index contributed by atoms with van der Waals surface area (Å²) in [5.74, 6) is 0.338. The van der Waals surface area contributed by atoms with Crippen LogP contribution in [0, 0.1) is 5.82 Å². The summed E-state index contributed by atoms with van der Waals surface area (Å²) in [7, 11) is 0. The molecule has 1 saturated heterocycles. The number of rotatable bonds is 3. The van der Waals surface area contributed by atoms with Crippen LogP contribution in [0.5, 0.6) is 0 Å². The van der Waals surface area contributed by atoms with Crippen molar-refractivity contribution in [3.05, 3.63) is 58.5 Å². The maximum atomic E-state index is 13.9. The van der Waals surface area contributed by atoms with Gasteiger partial charge in [-0.25, -0.2) is 23.3 Å². The second-order valence-corrected chi connectivity index (χ2v) is 5.71. The Bertz CT molecular complexity index is 928. The van der Waals surface area contributed by atoms with Crippen LogP contribution in [-0.2, 0) is 6.54 Å². The SMILES string of the molecule is O=c1n(Cc2ccccc2F)nc2c(N3CCNCC3)nccn12. The summed E-state index contributed by atoms with van der Waals surface area (Å²) < 4.78 is 16.6. The summed E-state index contributed by atoms with van der Waals surface area (Å²) in [4.78, 5) is 19.1. The van der Waals surface area contributed by atoms with Crippen molar-refractivity contribution < 1.29 is 4.39 Å². The molecule has 0 amide bonds. The zero-order valence-corrected chi connectivity index (χ0v) is 13.0. The van der Waals surface area contributed by atoms with Crippen molar-refractivity contribution in [2.75, 3.05) is 31.1 Å². The van der Waals surface area contributed by atoms with E-state index in [1.54, 1.807) is 30.6 Å². The Kier molecular flexibility index (Phi) is 3.73. The van der Waals surface area contributed by atoms with Crippen LogP contribution in [0.15, 0.2) is 41.5 Å². The highest BCUT2D eigenvalue weighted by atomic mass is 19.1. The first-order valence-electron chi connectivity index (χ1n) is 7.87. The second-order valence-electron chi connectivity index (χ2n) is 5.71. The van der Waals surface area contributed by atoms with Crippen molar-refractivity contribution in [2.45, 2.75) is 6.54 Å². The minimum absolute atomic E-state index is 0.0915. The smallest absolute Gasteiger partial charge is 0.350 e. The lowest BCUT2D eigenvalue weighted by Gasteiger charge is -2.28. The number of hydrogen-bond acceptors (Lipinski definition) is 5. The number of hydrogen-bond donors (Lipinski definition) is 1. The van der Waals surface area contributed by atoms with Crippen LogP contribution in [0.25, 0.3) is 5.65 Å². The molecule has 0 radical (unpaired) electrons. The van der Waals surface area contributed by atoms with Crippen molar-refractivity contribution in [1.29, 1.82) is 0 Å². The van der Waals surface area contributed by atoms with Crippen molar-refractivity contribution in [3.63, 3.8) is 0 Å². The van der Waals surface area contributed by atoms with Gasteiger partial charge < -0.3 is 10.2 Å². The lowest BCUT2D eigenvalue weighted by atomic mass is 10.2. The summed E-state index contributed by atoms with van der Waals surface area (Å²) in [6.45, 7) is 3.43. The average molecular weight is 328 g/mol. The number of fused-ring (bicyclic) bond motifs is 1. The van der Waals surface area contributed by atoms with E-state index in [9.17, 15) is 9.18 Å². The van der Waals surface area contributed by atoms with Crippen LogP contribution in [0.4, 0.5) is 10.2 Å². The van der Waals surface area contributed by atoms with Gasteiger partial charge >= 0.3 is 5.69 Å². The molecule has 4 rings (SSSR count). The summed E-state index contributed by atoms with van der Waals surface area (Å²) in [6, 6.07) is 6.40. The van der Waals surface area contributed by atoms with Gasteiger partial charge in [0.2, 0.25) is 5.65 Å². The second kappa shape index (κ2) is 6.04. The van der Waals surface area contributed by atoms with Gasteiger partial charge in [0.25, 0.3) is 0 Å². The molecule has 1 fully saturated rings. The van der Waals surface area contributed by atoms with E-state index in [0.717, 1.165) is 26.2 Å². The Morgan fingerprint density at radius 3 is 2.79 bits per heavy atom. The Labute approximate surface area is 137 Å². The molecule has 0 aliphatic carbocycles. The maximum Gasteiger partial charge on any atom is 0.350 e. The van der Waals surface area contributed by atoms with E-state index in [4.69, 9.17) is 0 Å². The molecule has 1 aliphatic heterocycles. The van der Waals surface area contributed by atoms with Crippen molar-refractivity contribution in [3.8, 4) is 0 Å². The van der Waals surface area contributed by atoms with E-state index >= 15 is 0 Å². The molecule has 1 aromatic carbocycles. The van der Waals surface area contributed by atoms with Gasteiger partial charge in [0.05, 0.1) is 6.54 Å². The molecule has 24 heavy (non-hydrogen) atoms. The van der Waals surface area contributed by atoms with Gasteiger partial charge in [0.15, 0.2) is 5.82 Å². The summed E-state index contributed by atoms with van der Waals surface area (Å²) in [5, 5.41) is 7.68. The van der Waals surface area contributed by atoms with Crippen LogP contribution < -0.4 is 15.9 Å². The molecule has 1 N–H and O–H groups in total. The standard InChI is InChI=1S/C16H17FN6O/c17-13-4-2-1-3-12(13)11-23-16(24)22-10-7-19-14(15(22)20-23)21-8-5-18-6-9-21/h1-4,7,10,18H,5-6,8-9,11H2. The molecule has 0 unspecified atom stereocenters. The molecule has 0 atom stereocenters. The monoisotopic (exact) mass is 328 g/mol. The quantitative estimate of drug-likeness (QED) is 0.758. The van der Waals surface area contributed by atoms with Crippen LogP contribution in [-0.4, -0.2) is 45.3 Å². The van der Waals surface area contributed by atoms with Gasteiger partial charge in [-0.3, -0.25) is 0 Å². The van der Waals surface area contributed by atoms with Gasteiger partial charge in [0, 0.05) is 44.1 Å². The minimum atomic E-state index is -0.345. The van der Waals surface area contributed by atoms with E-state index < -0.39 is 0 Å². The lowest BCUT2D eigenvalue weighted by Crippen LogP contribution is -2.44. The van der Waals surface area contributed by atoms with Gasteiger partial charge in [-0.05, 0) is 6.07 Å². The molecule has 3 aromatic rings. The summed E-state index contributed by atoms with van der Waals surface area (Å²) >= 11 is 0. The molecular weight excluding hydrogens is 311 g/mol. The summed E-state index contributed by atoms with van der Waals surface area (Å²) in [6.07, 6.45) is 3.19. The molecule has 1 aliphatic rings. The fourth-order valence-corrected chi connectivity index (χ4v) is 2.93. The molecular formula is C16H17FN6O. The molecule has 124 valence electrons. The Morgan fingerprint density at radius 2 is 2.00 bits per heavy atom. The Hall–Kier alpha value is -2.74. The van der Waals surface area contributed by atoms with Gasteiger partial charge in [0.1, 0.15) is 5.82 Å². The van der Waals surface area contributed by atoms with Crippen LogP contribution >= 0.6 is 0 Å². The summed E-state index contributed by atoms with van der Waals surface area (Å²) in [5.41, 5.74) is 0.632. The van der Waals surface area contributed by atoms with E-state index in [2.05, 4.69) is 20.3 Å². The van der Waals surface area contributed by atoms with Crippen LogP contribution in [0.3, 0.4) is 0 Å². The predicted octanol–water partition coefficient (Wildman–Crippen LogP) is 0.488. The number of aromatic nitrogens is 4. The minimum Gasteiger partial charge on any atom is -0.351 e. The number of benzene rings is 1. The molecule has 0 spiro atoms. The van der Waals surface area contributed by atoms with Crippen molar-refractivity contribution in [1.82, 2.24) is 24.5 Å². The zero-order chi connectivity index (χ0) is 16.5. The predicted molar refractivity (Wildman–Crippen MR) is 87.8 cm³/mol. The highest BCUT2D eigenvalue weighted by Gasteiger charge is 2.19. The van der Waals surface area contributed by atoms with Crippen molar-refractivity contribution >= 4 is 11.5 Å². The van der Waals surface area contributed by atoms with Gasteiger partial charge in [-0.1, -0.05) is 18.2 Å². The zero-order valence-electron chi connectivity index (χ0n) is 13.0. The molecule has 2 aromatic heterocycles. The third kappa shape index (κ3) is 2.54. The first-order chi connectivity index (χ1) is 11.7. The van der Waals surface area contributed by atoms with Gasteiger partial charge in [-0.2, -0.15) is 0 Å². The Morgan fingerprint density at radius 1 is 1.21 bits per heavy atom. The highest BCUT2D eigenvalue weighted by Crippen LogP contribution is 2.16. The van der Waals surface area contributed by atoms with Crippen LogP contribution in [0.2, 0.25) is 0 Å². The van der Waals surface area contributed by atoms with E-state index in [1.165, 1.54) is 15.1 Å². The molecule has 8 heteroatoms. The number of piperazine rings is 1. The van der Waals surface area contributed by atoms with Gasteiger partial charge in [-0.15, -0.1) is 5.10 Å². The number of halogens is 1. The normalized spacial score (nSPS) is 15.1. The van der Waals surface area contributed by atoms with E-state index in [1.807, 2.05) is 0 Å². The van der Waals surface area contributed by atoms with Crippen molar-refractivity contribution in [2.24, 2.45) is 0 Å². The first kappa shape index (κ1) is 14.8. The first-order valence-corrected chi connectivity index (χ1v) is 7.87. The van der Waals surface area contributed by atoms with E-state index in [-0.39, 0.29) is 18.1 Å². The van der Waals surface area contributed by atoms with E-state index in [0.29, 0.717) is 17.0 Å². The maximum absolute atomic E-state index is 13.9. The average Bonchev–Trinajstić information content (AvgIpc) is 2.94.